The van der Waals surface area contributed by atoms with E-state index in [4.69, 9.17) is 15.3 Å². The molecule has 6 heteroatoms. The first-order chi connectivity index (χ1) is 6.65. The van der Waals surface area contributed by atoms with Crippen LogP contribution in [0.4, 0.5) is 5.82 Å². The molecule has 1 aromatic heterocycles. The van der Waals surface area contributed by atoms with Crippen LogP contribution in [-0.2, 0) is 4.74 Å². The van der Waals surface area contributed by atoms with Gasteiger partial charge in [-0.15, -0.1) is 4.73 Å². The summed E-state index contributed by atoms with van der Waals surface area (Å²) in [6.07, 6.45) is 1.50. The molecule has 0 radical (unpaired) electrons. The van der Waals surface area contributed by atoms with Crippen LogP contribution in [0.5, 0.6) is 0 Å². The van der Waals surface area contributed by atoms with Crippen LogP contribution in [0.15, 0.2) is 11.0 Å². The van der Waals surface area contributed by atoms with Crippen LogP contribution < -0.4 is 16.3 Å². The van der Waals surface area contributed by atoms with Gasteiger partial charge in [-0.25, -0.2) is 4.79 Å². The average molecular weight is 199 g/mol. The van der Waals surface area contributed by atoms with Crippen molar-refractivity contribution in [3.8, 4) is 0 Å². The fourth-order valence-corrected chi connectivity index (χ4v) is 0.849. The van der Waals surface area contributed by atoms with Gasteiger partial charge in [0.05, 0.1) is 12.8 Å². The van der Waals surface area contributed by atoms with Crippen LogP contribution in [0.1, 0.15) is 5.56 Å². The van der Waals surface area contributed by atoms with Gasteiger partial charge in [-0.1, -0.05) is 0 Å². The summed E-state index contributed by atoms with van der Waals surface area (Å²) >= 11 is 0. The Kier molecular flexibility index (Phi) is 3.47. The Bertz CT molecular complexity index is 361. The van der Waals surface area contributed by atoms with Gasteiger partial charge in [-0.2, -0.15) is 4.98 Å². The molecule has 0 bridgehead atoms. The zero-order valence-corrected chi connectivity index (χ0v) is 8.19. The smallest absolute Gasteiger partial charge is 0.382 e. The number of aryl methyl sites for hydroxylation is 1. The Hall–Kier alpha value is -1.56. The molecule has 6 nitrogen and oxygen atoms in total. The van der Waals surface area contributed by atoms with Gasteiger partial charge in [-0.05, 0) is 6.92 Å². The molecule has 0 saturated carbocycles. The van der Waals surface area contributed by atoms with Crippen molar-refractivity contribution in [1.82, 2.24) is 9.71 Å². The van der Waals surface area contributed by atoms with Gasteiger partial charge >= 0.3 is 5.69 Å². The molecule has 1 heterocycles. The van der Waals surface area contributed by atoms with E-state index in [0.29, 0.717) is 18.8 Å². The number of aromatic nitrogens is 2. The van der Waals surface area contributed by atoms with Gasteiger partial charge in [0.25, 0.3) is 0 Å². The molecule has 0 fully saturated rings. The number of hydrogen-bond donors (Lipinski definition) is 1. The Morgan fingerprint density at radius 1 is 1.57 bits per heavy atom. The second kappa shape index (κ2) is 4.61. The quantitative estimate of drug-likeness (QED) is 0.643. The Balaban J connectivity index is 2.77. The van der Waals surface area contributed by atoms with Crippen molar-refractivity contribution in [3.05, 3.63) is 22.2 Å². The number of rotatable bonds is 4. The zero-order valence-electron chi connectivity index (χ0n) is 8.19. The third-order valence-electron chi connectivity index (χ3n) is 1.64. The lowest BCUT2D eigenvalue weighted by Crippen LogP contribution is -2.31. The summed E-state index contributed by atoms with van der Waals surface area (Å²) in [5.74, 6) is 0.224. The van der Waals surface area contributed by atoms with Crippen molar-refractivity contribution in [1.29, 1.82) is 0 Å². The SMILES string of the molecule is COCCOn1cc(C)c(N)nc1=O. The van der Waals surface area contributed by atoms with E-state index in [1.54, 1.807) is 14.0 Å². The van der Waals surface area contributed by atoms with Gasteiger partial charge in [0.1, 0.15) is 12.4 Å². The predicted molar refractivity (Wildman–Crippen MR) is 51.0 cm³/mol. The van der Waals surface area contributed by atoms with E-state index >= 15 is 0 Å². The summed E-state index contributed by atoms with van der Waals surface area (Å²) in [4.78, 5) is 19.8. The molecule has 0 atom stereocenters. The maximum Gasteiger partial charge on any atom is 0.382 e. The van der Waals surface area contributed by atoms with Crippen molar-refractivity contribution in [3.63, 3.8) is 0 Å². The molecule has 0 saturated heterocycles. The standard InChI is InChI=1S/C8H13N3O3/c1-6-5-11(14-4-3-13-2)8(12)10-7(6)9/h5H,3-4H2,1-2H3,(H2,9,10,12). The summed E-state index contributed by atoms with van der Waals surface area (Å²) < 4.78 is 5.82. The van der Waals surface area contributed by atoms with Gasteiger partial charge in [0.15, 0.2) is 0 Å². The molecule has 14 heavy (non-hydrogen) atoms. The molecule has 78 valence electrons. The third-order valence-corrected chi connectivity index (χ3v) is 1.64. The molecule has 1 rings (SSSR count). The molecule has 0 aliphatic carbocycles. The summed E-state index contributed by atoms with van der Waals surface area (Å²) in [5.41, 5.74) is 5.61. The first-order valence-electron chi connectivity index (χ1n) is 4.13. The molecule has 0 aromatic carbocycles. The normalized spacial score (nSPS) is 10.1. The fourth-order valence-electron chi connectivity index (χ4n) is 0.849. The fraction of sp³-hybridized carbons (Fsp3) is 0.500. The van der Waals surface area contributed by atoms with E-state index in [9.17, 15) is 4.79 Å². The summed E-state index contributed by atoms with van der Waals surface area (Å²) in [6.45, 7) is 2.45. The van der Waals surface area contributed by atoms with Crippen molar-refractivity contribution >= 4 is 5.82 Å². The highest BCUT2D eigenvalue weighted by Crippen LogP contribution is 1.99. The minimum absolute atomic E-state index is 0.224. The van der Waals surface area contributed by atoms with E-state index in [1.165, 1.54) is 6.20 Å². The summed E-state index contributed by atoms with van der Waals surface area (Å²) in [7, 11) is 1.55. The number of hydrogen-bond acceptors (Lipinski definition) is 5. The average Bonchev–Trinajstić information content (AvgIpc) is 2.14. The molecule has 0 spiro atoms. The second-order valence-corrected chi connectivity index (χ2v) is 2.74. The third kappa shape index (κ3) is 2.46. The van der Waals surface area contributed by atoms with Gasteiger partial charge < -0.3 is 15.3 Å². The van der Waals surface area contributed by atoms with Gasteiger partial charge in [0, 0.05) is 12.7 Å². The number of anilines is 1. The lowest BCUT2D eigenvalue weighted by atomic mass is 10.4. The predicted octanol–water partition coefficient (Wildman–Crippen LogP) is -0.791. The molecule has 0 aliphatic rings. The van der Waals surface area contributed by atoms with Crippen LogP contribution in [0.3, 0.4) is 0 Å². The lowest BCUT2D eigenvalue weighted by Gasteiger charge is -2.08. The lowest BCUT2D eigenvalue weighted by molar-refractivity contribution is 0.0504. The van der Waals surface area contributed by atoms with Crippen molar-refractivity contribution < 1.29 is 9.57 Å². The molecular formula is C8H13N3O3. The minimum Gasteiger partial charge on any atom is -0.407 e. The Morgan fingerprint density at radius 2 is 2.29 bits per heavy atom. The molecule has 0 amide bonds. The zero-order chi connectivity index (χ0) is 10.6. The van der Waals surface area contributed by atoms with Crippen molar-refractivity contribution in [2.45, 2.75) is 6.92 Å². The van der Waals surface area contributed by atoms with Crippen LogP contribution >= 0.6 is 0 Å². The van der Waals surface area contributed by atoms with Crippen LogP contribution in [0, 0.1) is 6.92 Å². The Morgan fingerprint density at radius 3 is 2.93 bits per heavy atom. The van der Waals surface area contributed by atoms with Crippen LogP contribution in [0.25, 0.3) is 0 Å². The topological polar surface area (TPSA) is 79.4 Å². The molecule has 2 N–H and O–H groups in total. The van der Waals surface area contributed by atoms with E-state index < -0.39 is 5.69 Å². The maximum absolute atomic E-state index is 11.2. The van der Waals surface area contributed by atoms with Crippen molar-refractivity contribution in [2.24, 2.45) is 0 Å². The highest BCUT2D eigenvalue weighted by atomic mass is 16.7. The molecule has 1 aromatic rings. The number of nitrogen functional groups attached to an aromatic ring is 1. The molecule has 0 unspecified atom stereocenters. The van der Waals surface area contributed by atoms with Crippen LogP contribution in [-0.4, -0.2) is 30.0 Å². The maximum atomic E-state index is 11.2. The van der Waals surface area contributed by atoms with E-state index in [1.807, 2.05) is 0 Å². The van der Waals surface area contributed by atoms with Gasteiger partial charge in [0.2, 0.25) is 0 Å². The van der Waals surface area contributed by atoms with E-state index in [2.05, 4.69) is 4.98 Å². The first kappa shape index (κ1) is 10.5. The highest BCUT2D eigenvalue weighted by Gasteiger charge is 2.01. The summed E-state index contributed by atoms with van der Waals surface area (Å²) in [5, 5.41) is 0. The molecular weight excluding hydrogens is 186 g/mol. The number of methoxy groups -OCH3 is 1. The van der Waals surface area contributed by atoms with E-state index in [0.717, 1.165) is 4.73 Å². The number of nitrogens with two attached hydrogens (primary N) is 1. The molecule has 0 aliphatic heterocycles. The summed E-state index contributed by atoms with van der Waals surface area (Å²) in [6, 6.07) is 0. The largest absolute Gasteiger partial charge is 0.407 e. The minimum atomic E-state index is -0.524. The van der Waals surface area contributed by atoms with E-state index in [-0.39, 0.29) is 5.82 Å². The van der Waals surface area contributed by atoms with Crippen LogP contribution in [0.2, 0.25) is 0 Å². The van der Waals surface area contributed by atoms with Gasteiger partial charge in [-0.3, -0.25) is 0 Å². The number of nitrogens with zero attached hydrogens (tertiary/aromatic N) is 2. The highest BCUT2D eigenvalue weighted by molar-refractivity contribution is 5.34. The first-order valence-corrected chi connectivity index (χ1v) is 4.13. The second-order valence-electron chi connectivity index (χ2n) is 2.74. The Labute approximate surface area is 81.2 Å². The van der Waals surface area contributed by atoms with Crippen molar-refractivity contribution in [2.75, 3.05) is 26.1 Å². The number of ether oxygens (including phenoxy) is 1. The monoisotopic (exact) mass is 199 g/mol.